The molecule has 0 spiro atoms. The molecule has 0 bridgehead atoms. The van der Waals surface area contributed by atoms with Gasteiger partial charge in [0, 0.05) is 25.4 Å². The molecule has 8 heteroatoms. The van der Waals surface area contributed by atoms with Crippen molar-refractivity contribution in [2.75, 3.05) is 0 Å². The molecule has 0 saturated carbocycles. The zero-order valence-corrected chi connectivity index (χ0v) is 10.3. The lowest BCUT2D eigenvalue weighted by Gasteiger charge is -1.99. The van der Waals surface area contributed by atoms with Gasteiger partial charge in [-0.05, 0) is 0 Å². The second-order valence-electron chi connectivity index (χ2n) is 3.54. The van der Waals surface area contributed by atoms with Crippen molar-refractivity contribution in [3.05, 3.63) is 34.0 Å². The van der Waals surface area contributed by atoms with Crippen molar-refractivity contribution in [3.63, 3.8) is 0 Å². The van der Waals surface area contributed by atoms with Crippen molar-refractivity contribution in [2.24, 2.45) is 7.05 Å². The number of aryl methyl sites for hydroxylation is 1. The van der Waals surface area contributed by atoms with E-state index in [0.29, 0.717) is 6.54 Å². The van der Waals surface area contributed by atoms with Gasteiger partial charge in [0.05, 0.1) is 12.4 Å². The summed E-state index contributed by atoms with van der Waals surface area (Å²) in [6.45, 7) is 0.340. The van der Waals surface area contributed by atoms with Crippen LogP contribution in [0.25, 0.3) is 0 Å². The molecule has 0 aliphatic carbocycles. The Hall–Kier alpha value is -2.22. The number of hydrogen-bond donors (Lipinski definition) is 2. The minimum atomic E-state index is -1.13. The Bertz CT molecular complexity index is 589. The second-order valence-corrected chi connectivity index (χ2v) is 4.57. The van der Waals surface area contributed by atoms with Crippen LogP contribution in [0.15, 0.2) is 18.6 Å². The van der Waals surface area contributed by atoms with Crippen LogP contribution in [-0.2, 0) is 13.6 Å². The molecule has 2 aromatic rings. The fraction of sp³-hybridized carbons (Fsp3) is 0.200. The maximum absolute atomic E-state index is 11.7. The number of rotatable bonds is 4. The lowest BCUT2D eigenvalue weighted by atomic mass is 10.3. The summed E-state index contributed by atoms with van der Waals surface area (Å²) in [6.07, 6.45) is 4.69. The summed E-state index contributed by atoms with van der Waals surface area (Å²) in [5, 5.41) is 15.2. The smallest absolute Gasteiger partial charge is 0.365 e. The molecule has 0 atom stereocenters. The van der Waals surface area contributed by atoms with Crippen LogP contribution in [-0.4, -0.2) is 31.7 Å². The van der Waals surface area contributed by atoms with Crippen LogP contribution in [0.2, 0.25) is 0 Å². The largest absolute Gasteiger partial charge is 0.476 e. The Morgan fingerprint density at radius 3 is 2.83 bits per heavy atom. The Morgan fingerprint density at radius 1 is 1.50 bits per heavy atom. The van der Waals surface area contributed by atoms with Gasteiger partial charge >= 0.3 is 5.97 Å². The van der Waals surface area contributed by atoms with Gasteiger partial charge in [0.2, 0.25) is 5.01 Å². The van der Waals surface area contributed by atoms with Crippen molar-refractivity contribution < 1.29 is 14.7 Å². The van der Waals surface area contributed by atoms with E-state index in [2.05, 4.69) is 15.4 Å². The number of nitrogens with zero attached hydrogens (tertiary/aromatic N) is 3. The maximum Gasteiger partial charge on any atom is 0.365 e. The highest BCUT2D eigenvalue weighted by Crippen LogP contribution is 2.12. The molecule has 0 fully saturated rings. The van der Waals surface area contributed by atoms with E-state index < -0.39 is 5.97 Å². The third-order valence-corrected chi connectivity index (χ3v) is 3.11. The summed E-state index contributed by atoms with van der Waals surface area (Å²) in [4.78, 5) is 26.2. The lowest BCUT2D eigenvalue weighted by molar-refractivity contribution is 0.0696. The van der Waals surface area contributed by atoms with Crippen molar-refractivity contribution in [1.29, 1.82) is 0 Å². The number of carboxylic acids is 1. The molecule has 2 heterocycles. The van der Waals surface area contributed by atoms with Crippen LogP contribution in [0.5, 0.6) is 0 Å². The Labute approximate surface area is 106 Å². The Balaban J connectivity index is 1.97. The van der Waals surface area contributed by atoms with E-state index in [9.17, 15) is 9.59 Å². The van der Waals surface area contributed by atoms with E-state index in [-0.39, 0.29) is 15.8 Å². The molecule has 0 radical (unpaired) electrons. The van der Waals surface area contributed by atoms with Gasteiger partial charge in [0.15, 0.2) is 0 Å². The average Bonchev–Trinajstić information content (AvgIpc) is 2.94. The van der Waals surface area contributed by atoms with Crippen LogP contribution in [0.1, 0.15) is 25.0 Å². The van der Waals surface area contributed by atoms with Gasteiger partial charge in [-0.15, -0.1) is 11.3 Å². The van der Waals surface area contributed by atoms with Gasteiger partial charge < -0.3 is 10.4 Å². The zero-order chi connectivity index (χ0) is 13.1. The number of nitrogens with one attached hydrogen (secondary N) is 1. The van der Waals surface area contributed by atoms with Gasteiger partial charge in [-0.25, -0.2) is 9.78 Å². The molecule has 2 aromatic heterocycles. The van der Waals surface area contributed by atoms with Crippen molar-refractivity contribution in [3.8, 4) is 0 Å². The lowest BCUT2D eigenvalue weighted by Crippen LogP contribution is -2.21. The SMILES string of the molecule is Cn1cc(CNC(=O)c2cnc(C(=O)O)s2)cn1. The maximum atomic E-state index is 11.7. The van der Waals surface area contributed by atoms with Crippen molar-refractivity contribution in [2.45, 2.75) is 6.54 Å². The molecule has 0 unspecified atom stereocenters. The van der Waals surface area contributed by atoms with Gasteiger partial charge in [0.25, 0.3) is 5.91 Å². The van der Waals surface area contributed by atoms with Crippen LogP contribution >= 0.6 is 11.3 Å². The molecule has 0 aliphatic rings. The monoisotopic (exact) mass is 266 g/mol. The topological polar surface area (TPSA) is 97.1 Å². The molecule has 0 saturated heterocycles. The molecule has 1 amide bonds. The molecular formula is C10H10N4O3S. The number of amides is 1. The molecule has 94 valence electrons. The standard InChI is InChI=1S/C10H10N4O3S/c1-14-5-6(3-13-14)2-11-8(15)7-4-12-9(18-7)10(16)17/h3-5H,2H2,1H3,(H,11,15)(H,16,17). The fourth-order valence-electron chi connectivity index (χ4n) is 1.31. The summed E-state index contributed by atoms with van der Waals surface area (Å²) in [7, 11) is 1.79. The minimum Gasteiger partial charge on any atom is -0.476 e. The quantitative estimate of drug-likeness (QED) is 0.840. The third kappa shape index (κ3) is 2.72. The molecular weight excluding hydrogens is 256 g/mol. The number of carboxylic acid groups (broad SMARTS) is 1. The van der Waals surface area contributed by atoms with E-state index in [1.807, 2.05) is 0 Å². The number of carbonyl (C=O) groups excluding carboxylic acids is 1. The first kappa shape index (κ1) is 12.2. The average molecular weight is 266 g/mol. The highest BCUT2D eigenvalue weighted by Gasteiger charge is 2.14. The molecule has 0 aromatic carbocycles. The van der Waals surface area contributed by atoms with E-state index in [1.165, 1.54) is 6.20 Å². The van der Waals surface area contributed by atoms with Gasteiger partial charge in [-0.2, -0.15) is 5.10 Å². The predicted molar refractivity (Wildman–Crippen MR) is 63.5 cm³/mol. The summed E-state index contributed by atoms with van der Waals surface area (Å²) in [5.41, 5.74) is 0.869. The molecule has 7 nitrogen and oxygen atoms in total. The highest BCUT2D eigenvalue weighted by atomic mass is 32.1. The van der Waals surface area contributed by atoms with Gasteiger partial charge in [0.1, 0.15) is 4.88 Å². The number of aromatic nitrogens is 3. The minimum absolute atomic E-state index is 0.0958. The molecule has 18 heavy (non-hydrogen) atoms. The summed E-state index contributed by atoms with van der Waals surface area (Å²) >= 11 is 0.846. The predicted octanol–water partition coefficient (Wildman–Crippen LogP) is 0.505. The van der Waals surface area contributed by atoms with E-state index >= 15 is 0 Å². The van der Waals surface area contributed by atoms with Crippen molar-refractivity contribution >= 4 is 23.2 Å². The molecule has 2 rings (SSSR count). The van der Waals surface area contributed by atoms with E-state index in [1.54, 1.807) is 24.1 Å². The van der Waals surface area contributed by atoms with Crippen LogP contribution in [0.4, 0.5) is 0 Å². The first-order valence-electron chi connectivity index (χ1n) is 5.01. The second kappa shape index (κ2) is 4.96. The van der Waals surface area contributed by atoms with E-state index in [4.69, 9.17) is 5.11 Å². The van der Waals surface area contributed by atoms with Crippen LogP contribution < -0.4 is 5.32 Å². The zero-order valence-electron chi connectivity index (χ0n) is 9.45. The van der Waals surface area contributed by atoms with Gasteiger partial charge in [-0.3, -0.25) is 9.48 Å². The molecule has 2 N–H and O–H groups in total. The summed E-state index contributed by atoms with van der Waals surface area (Å²) < 4.78 is 1.64. The fourth-order valence-corrected chi connectivity index (χ4v) is 1.98. The number of aromatic carboxylic acids is 1. The van der Waals surface area contributed by atoms with Crippen molar-refractivity contribution in [1.82, 2.24) is 20.1 Å². The number of carbonyl (C=O) groups is 2. The first-order valence-corrected chi connectivity index (χ1v) is 5.83. The summed E-state index contributed by atoms with van der Waals surface area (Å²) in [6, 6.07) is 0. The Kier molecular flexibility index (Phi) is 3.38. The van der Waals surface area contributed by atoms with E-state index in [0.717, 1.165) is 16.9 Å². The Morgan fingerprint density at radius 2 is 2.28 bits per heavy atom. The van der Waals surface area contributed by atoms with Crippen LogP contribution in [0.3, 0.4) is 0 Å². The first-order chi connectivity index (χ1) is 8.56. The number of thiazole rings is 1. The van der Waals surface area contributed by atoms with Gasteiger partial charge in [-0.1, -0.05) is 0 Å². The third-order valence-electron chi connectivity index (χ3n) is 2.12. The summed E-state index contributed by atoms with van der Waals surface area (Å²) in [5.74, 6) is -1.48. The normalized spacial score (nSPS) is 10.3. The molecule has 0 aliphatic heterocycles. The van der Waals surface area contributed by atoms with Crippen LogP contribution in [0, 0.1) is 0 Å². The highest BCUT2D eigenvalue weighted by molar-refractivity contribution is 7.15. The number of hydrogen-bond acceptors (Lipinski definition) is 5.